The molecule has 1 unspecified atom stereocenters. The van der Waals surface area contributed by atoms with E-state index in [9.17, 15) is 4.39 Å². The Labute approximate surface area is 103 Å². The highest BCUT2D eigenvalue weighted by molar-refractivity contribution is 9.10. The van der Waals surface area contributed by atoms with Gasteiger partial charge in [0.25, 0.3) is 0 Å². The summed E-state index contributed by atoms with van der Waals surface area (Å²) in [6.07, 6.45) is 2.10. The molecule has 0 saturated carbocycles. The van der Waals surface area contributed by atoms with Crippen molar-refractivity contribution in [2.24, 2.45) is 0 Å². The van der Waals surface area contributed by atoms with Gasteiger partial charge in [0.2, 0.25) is 0 Å². The highest BCUT2D eigenvalue weighted by atomic mass is 79.9. The molecular weight excluding hydrogens is 277 g/mol. The largest absolute Gasteiger partial charge is 0.312 e. The molecule has 0 radical (unpaired) electrons. The van der Waals surface area contributed by atoms with E-state index in [1.807, 2.05) is 11.8 Å². The van der Waals surface area contributed by atoms with Crippen LogP contribution in [-0.2, 0) is 6.54 Å². The fraction of sp³-hybridized carbons (Fsp3) is 0.455. The molecule has 15 heavy (non-hydrogen) atoms. The van der Waals surface area contributed by atoms with E-state index in [-0.39, 0.29) is 5.82 Å². The van der Waals surface area contributed by atoms with Gasteiger partial charge in [0.1, 0.15) is 5.82 Å². The molecule has 0 aliphatic rings. The maximum Gasteiger partial charge on any atom is 0.124 e. The summed E-state index contributed by atoms with van der Waals surface area (Å²) in [6.45, 7) is 3.91. The molecule has 0 aliphatic heterocycles. The molecule has 1 aromatic rings. The highest BCUT2D eigenvalue weighted by Crippen LogP contribution is 2.17. The van der Waals surface area contributed by atoms with Gasteiger partial charge in [-0.15, -0.1) is 0 Å². The van der Waals surface area contributed by atoms with Gasteiger partial charge < -0.3 is 5.32 Å². The van der Waals surface area contributed by atoms with Crippen LogP contribution < -0.4 is 5.32 Å². The quantitative estimate of drug-likeness (QED) is 0.892. The van der Waals surface area contributed by atoms with Crippen LogP contribution in [0, 0.1) is 5.82 Å². The first kappa shape index (κ1) is 13.0. The van der Waals surface area contributed by atoms with Crippen molar-refractivity contribution in [1.29, 1.82) is 0 Å². The van der Waals surface area contributed by atoms with Crippen molar-refractivity contribution in [3.63, 3.8) is 0 Å². The Morgan fingerprint density at radius 2 is 2.27 bits per heavy atom. The molecule has 0 spiro atoms. The fourth-order valence-electron chi connectivity index (χ4n) is 1.16. The van der Waals surface area contributed by atoms with Gasteiger partial charge in [-0.1, -0.05) is 28.9 Å². The van der Waals surface area contributed by atoms with E-state index in [2.05, 4.69) is 34.4 Å². The second-order valence-corrected chi connectivity index (χ2v) is 5.54. The molecule has 84 valence electrons. The molecule has 0 amide bonds. The minimum Gasteiger partial charge on any atom is -0.312 e. The van der Waals surface area contributed by atoms with Crippen molar-refractivity contribution in [2.45, 2.75) is 18.7 Å². The van der Waals surface area contributed by atoms with Crippen LogP contribution in [0.2, 0.25) is 0 Å². The zero-order chi connectivity index (χ0) is 11.3. The van der Waals surface area contributed by atoms with Gasteiger partial charge in [-0.3, -0.25) is 0 Å². The van der Waals surface area contributed by atoms with Crippen molar-refractivity contribution in [3.8, 4) is 0 Å². The number of rotatable bonds is 5. The van der Waals surface area contributed by atoms with Crippen molar-refractivity contribution < 1.29 is 4.39 Å². The molecular formula is C11H15BrFNS. The summed E-state index contributed by atoms with van der Waals surface area (Å²) in [5, 5.41) is 3.94. The Balaban J connectivity index is 2.44. The smallest absolute Gasteiger partial charge is 0.124 e. The van der Waals surface area contributed by atoms with E-state index in [4.69, 9.17) is 0 Å². The monoisotopic (exact) mass is 291 g/mol. The van der Waals surface area contributed by atoms with Gasteiger partial charge >= 0.3 is 0 Å². The number of nitrogens with one attached hydrogen (secondary N) is 1. The molecule has 1 N–H and O–H groups in total. The van der Waals surface area contributed by atoms with E-state index in [0.717, 1.165) is 23.1 Å². The van der Waals surface area contributed by atoms with Crippen LogP contribution in [0.5, 0.6) is 0 Å². The zero-order valence-corrected chi connectivity index (χ0v) is 11.3. The average Bonchev–Trinajstić information content (AvgIpc) is 2.21. The van der Waals surface area contributed by atoms with Gasteiger partial charge in [0.15, 0.2) is 0 Å². The van der Waals surface area contributed by atoms with Crippen molar-refractivity contribution in [3.05, 3.63) is 34.1 Å². The summed E-state index contributed by atoms with van der Waals surface area (Å²) >= 11 is 5.18. The van der Waals surface area contributed by atoms with E-state index < -0.39 is 0 Å². The third-order valence-corrected chi connectivity index (χ3v) is 3.87. The topological polar surface area (TPSA) is 12.0 Å². The van der Waals surface area contributed by atoms with Crippen molar-refractivity contribution in [1.82, 2.24) is 5.32 Å². The van der Waals surface area contributed by atoms with Crippen molar-refractivity contribution in [2.75, 3.05) is 12.8 Å². The molecule has 0 aliphatic carbocycles. The first-order valence-corrected chi connectivity index (χ1v) is 6.89. The molecule has 0 fully saturated rings. The van der Waals surface area contributed by atoms with Gasteiger partial charge in [-0.25, -0.2) is 4.39 Å². The van der Waals surface area contributed by atoms with Gasteiger partial charge in [-0.2, -0.15) is 11.8 Å². The second kappa shape index (κ2) is 6.51. The molecule has 0 bridgehead atoms. The van der Waals surface area contributed by atoms with Gasteiger partial charge in [0, 0.05) is 22.8 Å². The maximum atomic E-state index is 12.8. The summed E-state index contributed by atoms with van der Waals surface area (Å²) in [7, 11) is 0. The average molecular weight is 292 g/mol. The Hall–Kier alpha value is -0.0600. The predicted molar refractivity (Wildman–Crippen MR) is 68.8 cm³/mol. The SMILES string of the molecule is CSC(C)CNCc1ccc(F)cc1Br. The zero-order valence-electron chi connectivity index (χ0n) is 8.89. The fourth-order valence-corrected chi connectivity index (χ4v) is 1.93. The molecule has 1 nitrogen and oxygen atoms in total. The summed E-state index contributed by atoms with van der Waals surface area (Å²) in [5.41, 5.74) is 1.09. The molecule has 4 heteroatoms. The van der Waals surface area contributed by atoms with Gasteiger partial charge in [-0.05, 0) is 24.0 Å². The number of hydrogen-bond acceptors (Lipinski definition) is 2. The first-order valence-electron chi connectivity index (χ1n) is 4.81. The highest BCUT2D eigenvalue weighted by Gasteiger charge is 2.02. The Morgan fingerprint density at radius 1 is 1.53 bits per heavy atom. The Bertz CT molecular complexity index is 319. The third-order valence-electron chi connectivity index (χ3n) is 2.16. The van der Waals surface area contributed by atoms with E-state index >= 15 is 0 Å². The standard InChI is InChI=1S/C11H15BrFNS/c1-8(15-2)6-14-7-9-3-4-10(13)5-11(9)12/h3-5,8,14H,6-7H2,1-2H3. The number of halogens is 2. The number of benzene rings is 1. The summed E-state index contributed by atoms with van der Waals surface area (Å²) in [5.74, 6) is -0.205. The molecule has 0 saturated heterocycles. The first-order chi connectivity index (χ1) is 7.13. The van der Waals surface area contributed by atoms with E-state index in [0.29, 0.717) is 5.25 Å². The summed E-state index contributed by atoms with van der Waals surface area (Å²) in [6, 6.07) is 4.78. The minimum atomic E-state index is -0.205. The van der Waals surface area contributed by atoms with Crippen LogP contribution in [0.3, 0.4) is 0 Å². The Morgan fingerprint density at radius 3 is 2.87 bits per heavy atom. The summed E-state index contributed by atoms with van der Waals surface area (Å²) in [4.78, 5) is 0. The lowest BCUT2D eigenvalue weighted by molar-refractivity contribution is 0.623. The molecule has 0 aromatic heterocycles. The van der Waals surface area contributed by atoms with Crippen LogP contribution in [0.4, 0.5) is 4.39 Å². The van der Waals surface area contributed by atoms with Crippen LogP contribution in [0.15, 0.2) is 22.7 Å². The molecule has 1 atom stereocenters. The molecule has 1 aromatic carbocycles. The number of hydrogen-bond donors (Lipinski definition) is 1. The van der Waals surface area contributed by atoms with Crippen LogP contribution in [0.25, 0.3) is 0 Å². The van der Waals surface area contributed by atoms with Crippen LogP contribution >= 0.6 is 27.7 Å². The predicted octanol–water partition coefficient (Wildman–Crippen LogP) is 3.43. The van der Waals surface area contributed by atoms with Gasteiger partial charge in [0.05, 0.1) is 0 Å². The van der Waals surface area contributed by atoms with Crippen LogP contribution in [-0.4, -0.2) is 18.1 Å². The maximum absolute atomic E-state index is 12.8. The molecule has 0 heterocycles. The lowest BCUT2D eigenvalue weighted by Gasteiger charge is -2.10. The normalized spacial score (nSPS) is 12.8. The lowest BCUT2D eigenvalue weighted by Crippen LogP contribution is -2.22. The second-order valence-electron chi connectivity index (χ2n) is 3.41. The van der Waals surface area contributed by atoms with E-state index in [1.165, 1.54) is 12.1 Å². The Kier molecular flexibility index (Phi) is 5.64. The minimum absolute atomic E-state index is 0.205. The summed E-state index contributed by atoms with van der Waals surface area (Å²) < 4.78 is 13.6. The molecule has 1 rings (SSSR count). The van der Waals surface area contributed by atoms with E-state index in [1.54, 1.807) is 6.07 Å². The third kappa shape index (κ3) is 4.53. The van der Waals surface area contributed by atoms with Crippen LogP contribution in [0.1, 0.15) is 12.5 Å². The lowest BCUT2D eigenvalue weighted by atomic mass is 10.2. The van der Waals surface area contributed by atoms with Crippen molar-refractivity contribution >= 4 is 27.7 Å². The number of thioether (sulfide) groups is 1.